The second kappa shape index (κ2) is 10.3. The molecule has 4 heteroatoms. The van der Waals surface area contributed by atoms with Crippen molar-refractivity contribution in [3.05, 3.63) is 89.8 Å². The molecule has 0 bridgehead atoms. The maximum absolute atomic E-state index is 10.0. The molecular formula is C26H24IrNO2-. The van der Waals surface area contributed by atoms with Gasteiger partial charge in [0.15, 0.2) is 5.78 Å². The average Bonchev–Trinajstić information content (AvgIpc) is 2.66. The maximum Gasteiger partial charge on any atom is 0.155 e. The molecule has 30 heavy (non-hydrogen) atoms. The number of benzene rings is 3. The van der Waals surface area contributed by atoms with Crippen LogP contribution in [0.15, 0.2) is 72.6 Å². The van der Waals surface area contributed by atoms with Crippen molar-refractivity contribution in [3.63, 3.8) is 0 Å². The van der Waals surface area contributed by atoms with Crippen molar-refractivity contribution in [2.45, 2.75) is 27.7 Å². The zero-order chi connectivity index (χ0) is 21.0. The number of aryl methyl sites for hydroxylation is 2. The molecule has 0 aliphatic heterocycles. The minimum atomic E-state index is -0.125. The van der Waals surface area contributed by atoms with Crippen molar-refractivity contribution in [2.24, 2.45) is 0 Å². The van der Waals surface area contributed by atoms with Crippen LogP contribution < -0.4 is 0 Å². The molecule has 3 aromatic carbocycles. The standard InChI is InChI=1S/C21H16N.C5H8O2.Ir/c1-14-11-15(2)13-18(12-14)21-20-17(9-10-22-21)8-7-16-5-3-4-6-19(16)20;1-4(6)3-5(2)7;/h3-12H,1-2H3;3,6H,1-2H3;/q-1;;/b;4-3-;. The maximum atomic E-state index is 10.0. The number of ketones is 1. The first-order valence-corrected chi connectivity index (χ1v) is 9.50. The monoisotopic (exact) mass is 575 g/mol. The number of carbonyl (C=O) groups is 1. The van der Waals surface area contributed by atoms with Crippen molar-refractivity contribution in [2.75, 3.05) is 0 Å². The van der Waals surface area contributed by atoms with Crippen LogP contribution in [-0.4, -0.2) is 15.9 Å². The second-order valence-corrected chi connectivity index (χ2v) is 7.20. The Balaban J connectivity index is 0.000000350. The van der Waals surface area contributed by atoms with Crippen molar-refractivity contribution in [1.29, 1.82) is 0 Å². The number of fused-ring (bicyclic) bond motifs is 3. The Labute approximate surface area is 190 Å². The van der Waals surface area contributed by atoms with Gasteiger partial charge in [-0.15, -0.1) is 34.9 Å². The van der Waals surface area contributed by atoms with E-state index in [9.17, 15) is 4.79 Å². The molecule has 0 fully saturated rings. The smallest absolute Gasteiger partial charge is 0.155 e. The third kappa shape index (κ3) is 5.62. The Kier molecular flexibility index (Phi) is 8.05. The number of allylic oxidation sites excluding steroid dienone is 2. The summed E-state index contributed by atoms with van der Waals surface area (Å²) in [6.07, 6.45) is 3.05. The number of aromatic nitrogens is 1. The van der Waals surface area contributed by atoms with Crippen LogP contribution in [0.4, 0.5) is 0 Å². The van der Waals surface area contributed by atoms with Gasteiger partial charge in [0, 0.05) is 32.4 Å². The molecule has 0 aliphatic carbocycles. The fourth-order valence-electron chi connectivity index (χ4n) is 3.47. The van der Waals surface area contributed by atoms with E-state index in [-0.39, 0.29) is 31.6 Å². The van der Waals surface area contributed by atoms with Crippen LogP contribution in [0.5, 0.6) is 0 Å². The fourth-order valence-corrected chi connectivity index (χ4v) is 3.47. The number of nitrogens with zero attached hydrogens (tertiary/aromatic N) is 1. The molecule has 4 rings (SSSR count). The summed E-state index contributed by atoms with van der Waals surface area (Å²) in [5, 5.41) is 13.3. The number of aliphatic hydroxyl groups is 1. The molecule has 1 radical (unpaired) electrons. The molecule has 1 aromatic heterocycles. The van der Waals surface area contributed by atoms with E-state index < -0.39 is 0 Å². The number of rotatable bonds is 2. The second-order valence-electron chi connectivity index (χ2n) is 7.20. The number of aliphatic hydroxyl groups excluding tert-OH is 1. The third-order valence-corrected chi connectivity index (χ3v) is 4.47. The predicted octanol–water partition coefficient (Wildman–Crippen LogP) is 6.51. The van der Waals surface area contributed by atoms with Gasteiger partial charge in [0.1, 0.15) is 0 Å². The van der Waals surface area contributed by atoms with E-state index in [0.717, 1.165) is 16.8 Å². The zero-order valence-electron chi connectivity index (χ0n) is 17.5. The Morgan fingerprint density at radius 2 is 1.70 bits per heavy atom. The minimum absolute atomic E-state index is 0. The van der Waals surface area contributed by atoms with E-state index >= 15 is 0 Å². The Bertz CT molecular complexity index is 1200. The summed E-state index contributed by atoms with van der Waals surface area (Å²) in [7, 11) is 0. The van der Waals surface area contributed by atoms with Gasteiger partial charge in [0.2, 0.25) is 0 Å². The van der Waals surface area contributed by atoms with E-state index in [1.54, 1.807) is 0 Å². The van der Waals surface area contributed by atoms with Crippen LogP contribution in [-0.2, 0) is 24.9 Å². The van der Waals surface area contributed by atoms with E-state index in [1.165, 1.54) is 47.0 Å². The quantitative estimate of drug-likeness (QED) is 0.129. The van der Waals surface area contributed by atoms with E-state index in [0.29, 0.717) is 0 Å². The molecule has 155 valence electrons. The topological polar surface area (TPSA) is 50.2 Å². The van der Waals surface area contributed by atoms with Gasteiger partial charge < -0.3 is 10.1 Å². The number of pyridine rings is 1. The molecule has 0 aliphatic rings. The average molecular weight is 575 g/mol. The molecular weight excluding hydrogens is 551 g/mol. The van der Waals surface area contributed by atoms with Gasteiger partial charge in [-0.3, -0.25) is 4.79 Å². The summed E-state index contributed by atoms with van der Waals surface area (Å²) in [6, 6.07) is 22.7. The van der Waals surface area contributed by atoms with E-state index in [1.807, 2.05) is 6.20 Å². The van der Waals surface area contributed by atoms with Crippen molar-refractivity contribution in [1.82, 2.24) is 4.98 Å². The molecule has 0 saturated carbocycles. The zero-order valence-corrected chi connectivity index (χ0v) is 19.9. The molecule has 1 heterocycles. The van der Waals surface area contributed by atoms with Crippen LogP contribution in [0, 0.1) is 19.9 Å². The predicted molar refractivity (Wildman–Crippen MR) is 120 cm³/mol. The SMILES string of the molecule is CC(=O)/C=C(/C)O.Cc1[c-]c(-c2nccc3ccc4ccccc4c23)cc(C)c1.[Ir]. The van der Waals surface area contributed by atoms with Crippen molar-refractivity contribution >= 4 is 27.3 Å². The summed E-state index contributed by atoms with van der Waals surface area (Å²) < 4.78 is 0. The summed E-state index contributed by atoms with van der Waals surface area (Å²) in [6.45, 7) is 7.05. The minimum Gasteiger partial charge on any atom is -0.512 e. The third-order valence-electron chi connectivity index (χ3n) is 4.47. The van der Waals surface area contributed by atoms with Gasteiger partial charge in [0.25, 0.3) is 0 Å². The summed E-state index contributed by atoms with van der Waals surface area (Å²) in [5.74, 6) is -0.0625. The van der Waals surface area contributed by atoms with Crippen LogP contribution in [0.1, 0.15) is 25.0 Å². The summed E-state index contributed by atoms with van der Waals surface area (Å²) in [4.78, 5) is 14.7. The Morgan fingerprint density at radius 1 is 1.00 bits per heavy atom. The molecule has 3 nitrogen and oxygen atoms in total. The number of hydrogen-bond acceptors (Lipinski definition) is 3. The fraction of sp³-hybridized carbons (Fsp3) is 0.154. The van der Waals surface area contributed by atoms with Crippen LogP contribution >= 0.6 is 0 Å². The molecule has 1 N–H and O–H groups in total. The molecule has 0 saturated heterocycles. The Hall–Kier alpha value is -2.81. The molecule has 0 spiro atoms. The summed E-state index contributed by atoms with van der Waals surface area (Å²) >= 11 is 0. The van der Waals surface area contributed by atoms with Gasteiger partial charge in [-0.25, -0.2) is 0 Å². The van der Waals surface area contributed by atoms with Crippen LogP contribution in [0.2, 0.25) is 0 Å². The first-order valence-electron chi connectivity index (χ1n) is 9.50. The van der Waals surface area contributed by atoms with Crippen molar-refractivity contribution < 1.29 is 30.0 Å². The van der Waals surface area contributed by atoms with Crippen molar-refractivity contribution in [3.8, 4) is 11.3 Å². The van der Waals surface area contributed by atoms with Gasteiger partial charge in [-0.2, -0.15) is 0 Å². The van der Waals surface area contributed by atoms with Gasteiger partial charge >= 0.3 is 0 Å². The largest absolute Gasteiger partial charge is 0.512 e. The number of hydrogen-bond donors (Lipinski definition) is 1. The molecule has 0 unspecified atom stereocenters. The van der Waals surface area contributed by atoms with Crippen LogP contribution in [0.25, 0.3) is 32.8 Å². The molecule has 4 aromatic rings. The molecule has 0 atom stereocenters. The first-order chi connectivity index (χ1) is 13.8. The van der Waals surface area contributed by atoms with Crippen LogP contribution in [0.3, 0.4) is 0 Å². The van der Waals surface area contributed by atoms with Gasteiger partial charge in [0.05, 0.1) is 5.76 Å². The molecule has 0 amide bonds. The van der Waals surface area contributed by atoms with Gasteiger partial charge in [-0.1, -0.05) is 50.2 Å². The normalized spacial score (nSPS) is 10.9. The first kappa shape index (κ1) is 23.5. The Morgan fingerprint density at radius 3 is 2.33 bits per heavy atom. The summed E-state index contributed by atoms with van der Waals surface area (Å²) in [5.41, 5.74) is 4.47. The van der Waals surface area contributed by atoms with E-state index in [4.69, 9.17) is 5.11 Å². The van der Waals surface area contributed by atoms with Gasteiger partial charge in [-0.05, 0) is 47.2 Å². The number of carbonyl (C=O) groups excluding carboxylic acids is 1. The van der Waals surface area contributed by atoms with E-state index in [2.05, 4.69) is 79.5 Å².